The molecule has 0 aliphatic rings. The van der Waals surface area contributed by atoms with Crippen LogP contribution in [0.2, 0.25) is 0 Å². The van der Waals surface area contributed by atoms with E-state index in [-0.39, 0.29) is 10.5 Å². The van der Waals surface area contributed by atoms with Crippen molar-refractivity contribution in [3.63, 3.8) is 0 Å². The highest BCUT2D eigenvalue weighted by Crippen LogP contribution is 2.40. The van der Waals surface area contributed by atoms with E-state index in [1.807, 2.05) is 0 Å². The Hall–Kier alpha value is -0.630. The highest BCUT2D eigenvalue weighted by atomic mass is 79.9. The molecule has 1 aromatic rings. The van der Waals surface area contributed by atoms with E-state index in [2.05, 4.69) is 15.9 Å². The van der Waals surface area contributed by atoms with E-state index in [9.17, 15) is 26.7 Å². The van der Waals surface area contributed by atoms with Crippen LogP contribution in [0.4, 0.5) is 22.0 Å². The minimum atomic E-state index is -4.59. The molecule has 0 amide bonds. The fraction of sp³-hybridized carbons (Fsp3) is 0.364. The molecule has 0 aliphatic heterocycles. The number of halogens is 6. The molecule has 0 N–H and O–H groups in total. The van der Waals surface area contributed by atoms with Crippen molar-refractivity contribution >= 4 is 33.5 Å². The molecule has 0 spiro atoms. The molecule has 0 heterocycles. The van der Waals surface area contributed by atoms with E-state index in [0.717, 1.165) is 18.2 Å². The summed E-state index contributed by atoms with van der Waals surface area (Å²) in [7, 11) is 0. The number of carbonyl (C=O) groups is 1. The second-order valence-corrected chi connectivity index (χ2v) is 6.06. The summed E-state index contributed by atoms with van der Waals surface area (Å²) in [4.78, 5) is 10.6. The molecule has 1 nitrogen and oxygen atoms in total. The number of hydrogen-bond donors (Lipinski definition) is 0. The summed E-state index contributed by atoms with van der Waals surface area (Å²) in [6.45, 7) is 1.42. The largest absolute Gasteiger partial charge is 0.446 e. The summed E-state index contributed by atoms with van der Waals surface area (Å²) < 4.78 is 62.1. The van der Waals surface area contributed by atoms with Crippen molar-refractivity contribution in [2.45, 2.75) is 28.6 Å². The zero-order valence-corrected chi connectivity index (χ0v) is 11.9. The molecule has 1 unspecified atom stereocenters. The molecular weight excluding hydrogens is 355 g/mol. The molecule has 1 aromatic carbocycles. The first-order valence-electron chi connectivity index (χ1n) is 4.98. The van der Waals surface area contributed by atoms with Crippen molar-refractivity contribution in [3.05, 3.63) is 29.3 Å². The van der Waals surface area contributed by atoms with Crippen molar-refractivity contribution in [2.24, 2.45) is 0 Å². The molecule has 0 bridgehead atoms. The van der Waals surface area contributed by atoms with Crippen LogP contribution in [0.15, 0.2) is 23.1 Å². The Bertz CT molecular complexity index is 473. The van der Waals surface area contributed by atoms with Crippen LogP contribution in [0.25, 0.3) is 0 Å². The standard InChI is InChI=1S/C11H8BrF5OS/c1-5(12)9(18)7-4-6(10(13)14)2-3-8(7)19-11(15,16)17/h2-5,10H,1H3. The van der Waals surface area contributed by atoms with Crippen molar-refractivity contribution < 1.29 is 26.7 Å². The predicted octanol–water partition coefficient (Wildman–Crippen LogP) is 5.20. The summed E-state index contributed by atoms with van der Waals surface area (Å²) in [5.74, 6) is -0.672. The normalized spacial score (nSPS) is 13.7. The lowest BCUT2D eigenvalue weighted by molar-refractivity contribution is -0.0328. The third-order valence-corrected chi connectivity index (χ3v) is 3.33. The van der Waals surface area contributed by atoms with Gasteiger partial charge in [0.05, 0.1) is 4.83 Å². The van der Waals surface area contributed by atoms with Crippen LogP contribution in [0.1, 0.15) is 29.3 Å². The average Bonchev–Trinajstić information content (AvgIpc) is 2.26. The molecule has 0 aromatic heterocycles. The van der Waals surface area contributed by atoms with Gasteiger partial charge in [0.2, 0.25) is 0 Å². The lowest BCUT2D eigenvalue weighted by Crippen LogP contribution is -2.13. The van der Waals surface area contributed by atoms with Gasteiger partial charge in [-0.3, -0.25) is 4.79 Å². The third kappa shape index (κ3) is 4.76. The molecule has 106 valence electrons. The van der Waals surface area contributed by atoms with Gasteiger partial charge < -0.3 is 0 Å². The molecule has 19 heavy (non-hydrogen) atoms. The fourth-order valence-corrected chi connectivity index (χ4v) is 2.21. The Morgan fingerprint density at radius 3 is 2.32 bits per heavy atom. The molecule has 0 radical (unpaired) electrons. The lowest BCUT2D eigenvalue weighted by Gasteiger charge is -2.13. The maximum atomic E-state index is 12.5. The van der Waals surface area contributed by atoms with Crippen molar-refractivity contribution in [1.82, 2.24) is 0 Å². The molecule has 0 saturated carbocycles. The zero-order chi connectivity index (χ0) is 14.8. The van der Waals surface area contributed by atoms with Gasteiger partial charge in [-0.15, -0.1) is 0 Å². The van der Waals surface area contributed by atoms with Crippen molar-refractivity contribution in [1.29, 1.82) is 0 Å². The Morgan fingerprint density at radius 1 is 1.32 bits per heavy atom. The highest BCUT2D eigenvalue weighted by Gasteiger charge is 2.32. The summed E-state index contributed by atoms with van der Waals surface area (Å²) in [5.41, 5.74) is -5.43. The quantitative estimate of drug-likeness (QED) is 0.317. The number of hydrogen-bond acceptors (Lipinski definition) is 2. The Labute approximate surface area is 118 Å². The first-order chi connectivity index (χ1) is 8.61. The first-order valence-corrected chi connectivity index (χ1v) is 6.71. The fourth-order valence-electron chi connectivity index (χ4n) is 1.30. The van der Waals surface area contributed by atoms with Gasteiger partial charge in [-0.05, 0) is 30.8 Å². The van der Waals surface area contributed by atoms with E-state index < -0.39 is 39.9 Å². The number of benzene rings is 1. The maximum absolute atomic E-state index is 12.5. The summed E-state index contributed by atoms with van der Waals surface area (Å²) in [6.07, 6.45) is -2.85. The molecule has 0 aliphatic carbocycles. The van der Waals surface area contributed by atoms with Gasteiger partial charge in [-0.25, -0.2) is 8.78 Å². The van der Waals surface area contributed by atoms with E-state index in [0.29, 0.717) is 0 Å². The van der Waals surface area contributed by atoms with Crippen LogP contribution in [0.5, 0.6) is 0 Å². The van der Waals surface area contributed by atoms with Gasteiger partial charge >= 0.3 is 5.51 Å². The maximum Gasteiger partial charge on any atom is 0.446 e. The van der Waals surface area contributed by atoms with E-state index in [1.165, 1.54) is 6.92 Å². The lowest BCUT2D eigenvalue weighted by atomic mass is 10.1. The number of thioether (sulfide) groups is 1. The van der Waals surface area contributed by atoms with Crippen LogP contribution in [-0.4, -0.2) is 16.1 Å². The number of Topliss-reactive ketones (excluding diaryl/α,β-unsaturated/α-hetero) is 1. The van der Waals surface area contributed by atoms with E-state index in [4.69, 9.17) is 0 Å². The predicted molar refractivity (Wildman–Crippen MR) is 66.0 cm³/mol. The van der Waals surface area contributed by atoms with Gasteiger partial charge in [0.1, 0.15) is 0 Å². The van der Waals surface area contributed by atoms with E-state index >= 15 is 0 Å². The van der Waals surface area contributed by atoms with Gasteiger partial charge in [-0.1, -0.05) is 22.0 Å². The van der Waals surface area contributed by atoms with Crippen LogP contribution in [0.3, 0.4) is 0 Å². The minimum absolute atomic E-state index is 0.357. The summed E-state index contributed by atoms with van der Waals surface area (Å²) >= 11 is 2.43. The van der Waals surface area contributed by atoms with Crippen molar-refractivity contribution in [2.75, 3.05) is 0 Å². The Morgan fingerprint density at radius 2 is 1.89 bits per heavy atom. The molecule has 8 heteroatoms. The van der Waals surface area contributed by atoms with Gasteiger partial charge in [0.25, 0.3) is 6.43 Å². The molecule has 0 fully saturated rings. The van der Waals surface area contributed by atoms with Crippen LogP contribution >= 0.6 is 27.7 Å². The molecular formula is C11H8BrF5OS. The number of ketones is 1. The second-order valence-electron chi connectivity index (χ2n) is 3.58. The highest BCUT2D eigenvalue weighted by molar-refractivity contribution is 9.10. The average molecular weight is 363 g/mol. The minimum Gasteiger partial charge on any atom is -0.293 e. The van der Waals surface area contributed by atoms with E-state index in [1.54, 1.807) is 0 Å². The second kappa shape index (κ2) is 6.21. The van der Waals surface area contributed by atoms with Crippen LogP contribution < -0.4 is 0 Å². The number of rotatable bonds is 4. The molecule has 1 rings (SSSR count). The van der Waals surface area contributed by atoms with Crippen LogP contribution in [-0.2, 0) is 0 Å². The van der Waals surface area contributed by atoms with Gasteiger partial charge in [-0.2, -0.15) is 13.2 Å². The smallest absolute Gasteiger partial charge is 0.293 e. The Balaban J connectivity index is 3.26. The molecule has 0 saturated heterocycles. The summed E-state index contributed by atoms with van der Waals surface area (Å²) in [6, 6.07) is 2.58. The summed E-state index contributed by atoms with van der Waals surface area (Å²) in [5, 5.41) is 0. The zero-order valence-electron chi connectivity index (χ0n) is 9.47. The van der Waals surface area contributed by atoms with Gasteiger partial charge in [0.15, 0.2) is 5.78 Å². The van der Waals surface area contributed by atoms with Gasteiger partial charge in [0, 0.05) is 16.0 Å². The Kier molecular flexibility index (Phi) is 5.37. The van der Waals surface area contributed by atoms with Crippen molar-refractivity contribution in [3.8, 4) is 0 Å². The third-order valence-electron chi connectivity index (χ3n) is 2.11. The SMILES string of the molecule is CC(Br)C(=O)c1cc(C(F)F)ccc1SC(F)(F)F. The number of carbonyl (C=O) groups excluding carboxylic acids is 1. The topological polar surface area (TPSA) is 17.1 Å². The number of alkyl halides is 6. The first kappa shape index (κ1) is 16.4. The molecule has 1 atom stereocenters. The monoisotopic (exact) mass is 362 g/mol. The van der Waals surface area contributed by atoms with Crippen LogP contribution in [0, 0.1) is 0 Å².